The van der Waals surface area contributed by atoms with Gasteiger partial charge in [0.05, 0.1) is 11.0 Å². The predicted octanol–water partition coefficient (Wildman–Crippen LogP) is 3.40. The smallest absolute Gasteiger partial charge is 0.125 e. The molecule has 0 aliphatic rings. The molecule has 0 fully saturated rings. The van der Waals surface area contributed by atoms with E-state index < -0.39 is 0 Å². The highest BCUT2D eigenvalue weighted by atomic mass is 19.1. The van der Waals surface area contributed by atoms with Crippen LogP contribution in [-0.2, 0) is 6.42 Å². The molecule has 2 aromatic carbocycles. The van der Waals surface area contributed by atoms with Crippen LogP contribution in [0.3, 0.4) is 0 Å². The molecule has 3 rings (SSSR count). The van der Waals surface area contributed by atoms with Gasteiger partial charge >= 0.3 is 0 Å². The Morgan fingerprint density at radius 2 is 1.90 bits per heavy atom. The average molecular weight is 284 g/mol. The summed E-state index contributed by atoms with van der Waals surface area (Å²) in [6, 6.07) is 12.7. The van der Waals surface area contributed by atoms with Crippen LogP contribution in [0.1, 0.15) is 17.8 Å². The fourth-order valence-corrected chi connectivity index (χ4v) is 2.59. The molecule has 3 nitrogen and oxygen atoms in total. The zero-order chi connectivity index (χ0) is 14.8. The molecule has 0 spiro atoms. The zero-order valence-corrected chi connectivity index (χ0v) is 11.9. The number of aryl methyl sites for hydroxylation is 2. The van der Waals surface area contributed by atoms with E-state index in [1.54, 1.807) is 6.07 Å². The molecule has 0 aliphatic heterocycles. The van der Waals surface area contributed by atoms with E-state index in [1.165, 1.54) is 17.7 Å². The van der Waals surface area contributed by atoms with Gasteiger partial charge in [-0.1, -0.05) is 12.1 Å². The van der Waals surface area contributed by atoms with Crippen molar-refractivity contribution in [2.45, 2.75) is 19.8 Å². The lowest BCUT2D eigenvalue weighted by Crippen LogP contribution is -1.98. The number of benzene rings is 2. The Kier molecular flexibility index (Phi) is 3.71. The first-order valence-corrected chi connectivity index (χ1v) is 7.04. The van der Waals surface area contributed by atoms with Crippen LogP contribution in [-0.4, -0.2) is 21.3 Å². The van der Waals surface area contributed by atoms with Crippen LogP contribution in [0.2, 0.25) is 0 Å². The SMILES string of the molecule is Cc1nc2ccc(F)cc2n1-c1ccc(CCCO)cc1. The molecule has 1 aromatic heterocycles. The Labute approximate surface area is 122 Å². The largest absolute Gasteiger partial charge is 0.396 e. The van der Waals surface area contributed by atoms with Crippen molar-refractivity contribution in [3.05, 3.63) is 59.7 Å². The van der Waals surface area contributed by atoms with Gasteiger partial charge in [0.15, 0.2) is 0 Å². The molecule has 0 aliphatic carbocycles. The highest BCUT2D eigenvalue weighted by Crippen LogP contribution is 2.22. The van der Waals surface area contributed by atoms with Crippen molar-refractivity contribution in [1.82, 2.24) is 9.55 Å². The average Bonchev–Trinajstić information content (AvgIpc) is 2.81. The number of fused-ring (bicyclic) bond motifs is 1. The van der Waals surface area contributed by atoms with Crippen LogP contribution in [0.5, 0.6) is 0 Å². The molecule has 108 valence electrons. The van der Waals surface area contributed by atoms with E-state index >= 15 is 0 Å². The summed E-state index contributed by atoms with van der Waals surface area (Å²) in [6.45, 7) is 2.11. The highest BCUT2D eigenvalue weighted by molar-refractivity contribution is 5.78. The molecular formula is C17H17FN2O. The summed E-state index contributed by atoms with van der Waals surface area (Å²) in [5.41, 5.74) is 3.71. The van der Waals surface area contributed by atoms with Gasteiger partial charge in [0.1, 0.15) is 11.6 Å². The Bertz CT molecular complexity index is 762. The van der Waals surface area contributed by atoms with Crippen molar-refractivity contribution in [2.75, 3.05) is 6.61 Å². The second-order valence-electron chi connectivity index (χ2n) is 5.12. The minimum absolute atomic E-state index is 0.201. The van der Waals surface area contributed by atoms with Crippen LogP contribution in [0.25, 0.3) is 16.7 Å². The molecule has 0 bridgehead atoms. The van der Waals surface area contributed by atoms with Crippen molar-refractivity contribution in [3.63, 3.8) is 0 Å². The van der Waals surface area contributed by atoms with Gasteiger partial charge in [-0.05, 0) is 49.6 Å². The van der Waals surface area contributed by atoms with Crippen LogP contribution >= 0.6 is 0 Å². The third kappa shape index (κ3) is 2.67. The minimum Gasteiger partial charge on any atom is -0.396 e. The number of aromatic nitrogens is 2. The van der Waals surface area contributed by atoms with Gasteiger partial charge in [0, 0.05) is 18.4 Å². The molecule has 0 amide bonds. The van der Waals surface area contributed by atoms with Gasteiger partial charge in [-0.3, -0.25) is 4.57 Å². The normalized spacial score (nSPS) is 11.2. The minimum atomic E-state index is -0.261. The van der Waals surface area contributed by atoms with E-state index in [0.29, 0.717) is 0 Å². The number of nitrogens with zero attached hydrogens (tertiary/aromatic N) is 2. The molecule has 1 heterocycles. The van der Waals surface area contributed by atoms with Crippen molar-refractivity contribution >= 4 is 11.0 Å². The summed E-state index contributed by atoms with van der Waals surface area (Å²) in [4.78, 5) is 4.47. The van der Waals surface area contributed by atoms with E-state index in [-0.39, 0.29) is 12.4 Å². The quantitative estimate of drug-likeness (QED) is 0.797. The Morgan fingerprint density at radius 3 is 2.62 bits per heavy atom. The van der Waals surface area contributed by atoms with Gasteiger partial charge in [0.25, 0.3) is 0 Å². The first-order valence-electron chi connectivity index (χ1n) is 7.04. The van der Waals surface area contributed by atoms with Crippen molar-refractivity contribution in [1.29, 1.82) is 0 Å². The molecule has 4 heteroatoms. The lowest BCUT2D eigenvalue weighted by molar-refractivity contribution is 0.288. The number of imidazole rings is 1. The highest BCUT2D eigenvalue weighted by Gasteiger charge is 2.10. The number of hydrogen-bond acceptors (Lipinski definition) is 2. The third-order valence-electron chi connectivity index (χ3n) is 3.60. The zero-order valence-electron chi connectivity index (χ0n) is 11.9. The summed E-state index contributed by atoms with van der Waals surface area (Å²) in [5, 5.41) is 8.87. The molecule has 0 unspecified atom stereocenters. The van der Waals surface area contributed by atoms with Gasteiger partial charge in [0.2, 0.25) is 0 Å². The van der Waals surface area contributed by atoms with Crippen LogP contribution in [0, 0.1) is 12.7 Å². The molecule has 21 heavy (non-hydrogen) atoms. The van der Waals surface area contributed by atoms with Gasteiger partial charge in [-0.25, -0.2) is 9.37 Å². The second-order valence-corrected chi connectivity index (χ2v) is 5.12. The molecule has 0 atom stereocenters. The van der Waals surface area contributed by atoms with Crippen LogP contribution in [0.15, 0.2) is 42.5 Å². The maximum Gasteiger partial charge on any atom is 0.125 e. The summed E-state index contributed by atoms with van der Waals surface area (Å²) < 4.78 is 15.4. The maximum absolute atomic E-state index is 13.5. The Morgan fingerprint density at radius 1 is 1.14 bits per heavy atom. The van der Waals surface area contributed by atoms with Gasteiger partial charge < -0.3 is 5.11 Å². The number of halogens is 1. The topological polar surface area (TPSA) is 38.0 Å². The molecule has 1 N–H and O–H groups in total. The number of aliphatic hydroxyl groups excluding tert-OH is 1. The van der Waals surface area contributed by atoms with Crippen molar-refractivity contribution < 1.29 is 9.50 Å². The predicted molar refractivity (Wildman–Crippen MR) is 81.2 cm³/mol. The van der Waals surface area contributed by atoms with Crippen molar-refractivity contribution in [3.8, 4) is 5.69 Å². The van der Waals surface area contributed by atoms with E-state index in [4.69, 9.17) is 5.11 Å². The van der Waals surface area contributed by atoms with E-state index in [1.807, 2.05) is 35.8 Å². The monoisotopic (exact) mass is 284 g/mol. The standard InChI is InChI=1S/C17H17FN2O/c1-12-19-16-9-6-14(18)11-17(16)20(12)15-7-4-13(5-8-15)3-2-10-21/h4-9,11,21H,2-3,10H2,1H3. The van der Waals surface area contributed by atoms with Gasteiger partial charge in [-0.15, -0.1) is 0 Å². The number of aliphatic hydroxyl groups is 1. The first-order chi connectivity index (χ1) is 10.2. The lowest BCUT2D eigenvalue weighted by Gasteiger charge is -2.08. The summed E-state index contributed by atoms with van der Waals surface area (Å²) in [7, 11) is 0. The van der Waals surface area contributed by atoms with E-state index in [0.717, 1.165) is 35.4 Å². The summed E-state index contributed by atoms with van der Waals surface area (Å²) >= 11 is 0. The number of rotatable bonds is 4. The lowest BCUT2D eigenvalue weighted by atomic mass is 10.1. The molecule has 0 radical (unpaired) electrons. The van der Waals surface area contributed by atoms with Gasteiger partial charge in [-0.2, -0.15) is 0 Å². The van der Waals surface area contributed by atoms with Crippen LogP contribution < -0.4 is 0 Å². The molecule has 0 saturated heterocycles. The fraction of sp³-hybridized carbons (Fsp3) is 0.235. The maximum atomic E-state index is 13.5. The summed E-state index contributed by atoms with van der Waals surface area (Å²) in [6.07, 6.45) is 1.62. The second kappa shape index (κ2) is 5.66. The molecular weight excluding hydrogens is 267 g/mol. The molecule has 3 aromatic rings. The third-order valence-corrected chi connectivity index (χ3v) is 3.60. The molecule has 0 saturated carbocycles. The summed E-state index contributed by atoms with van der Waals surface area (Å²) in [5.74, 6) is 0.571. The van der Waals surface area contributed by atoms with E-state index in [2.05, 4.69) is 4.98 Å². The van der Waals surface area contributed by atoms with E-state index in [9.17, 15) is 4.39 Å². The Balaban J connectivity index is 2.03. The van der Waals surface area contributed by atoms with Crippen molar-refractivity contribution in [2.24, 2.45) is 0 Å². The Hall–Kier alpha value is -2.20. The fourth-order valence-electron chi connectivity index (χ4n) is 2.59. The van der Waals surface area contributed by atoms with Crippen LogP contribution in [0.4, 0.5) is 4.39 Å². The first kappa shape index (κ1) is 13.8. The number of hydrogen-bond donors (Lipinski definition) is 1.